The third-order valence-electron chi connectivity index (χ3n) is 3.27. The number of halogens is 1. The molecule has 2 unspecified atom stereocenters. The van der Waals surface area contributed by atoms with Gasteiger partial charge in [-0.3, -0.25) is 4.79 Å². The van der Waals surface area contributed by atoms with E-state index < -0.39 is 34.0 Å². The molecular weight excluding hydrogens is 289 g/mol. The summed E-state index contributed by atoms with van der Waals surface area (Å²) in [4.78, 5) is 10.7. The highest BCUT2D eigenvalue weighted by Gasteiger charge is 2.43. The largest absolute Gasteiger partial charge is 0.480 e. The van der Waals surface area contributed by atoms with Crippen molar-refractivity contribution in [3.05, 3.63) is 29.6 Å². The van der Waals surface area contributed by atoms with E-state index in [1.54, 1.807) is 0 Å². The molecule has 1 fully saturated rings. The molecule has 0 aromatic heterocycles. The van der Waals surface area contributed by atoms with Gasteiger partial charge in [0.1, 0.15) is 11.9 Å². The lowest BCUT2D eigenvalue weighted by molar-refractivity contribution is -0.140. The van der Waals surface area contributed by atoms with Crippen LogP contribution in [0.3, 0.4) is 0 Å². The Morgan fingerprint density at radius 2 is 2.10 bits per heavy atom. The van der Waals surface area contributed by atoms with Gasteiger partial charge in [0.2, 0.25) is 10.0 Å². The quantitative estimate of drug-likeness (QED) is 0.840. The van der Waals surface area contributed by atoms with Gasteiger partial charge in [0, 0.05) is 13.0 Å². The number of carboxylic acid groups (broad SMARTS) is 1. The number of aliphatic hydroxyl groups excluding tert-OH is 1. The third-order valence-corrected chi connectivity index (χ3v) is 5.14. The van der Waals surface area contributed by atoms with Gasteiger partial charge in [0.15, 0.2) is 0 Å². The Kier molecular flexibility index (Phi) is 3.81. The second-order valence-electron chi connectivity index (χ2n) is 4.73. The summed E-state index contributed by atoms with van der Waals surface area (Å²) in [5.41, 5.74) is 0.292. The molecule has 1 aromatic rings. The summed E-state index contributed by atoms with van der Waals surface area (Å²) in [6, 6.07) is 2.05. The Bertz CT molecular complexity index is 645. The van der Waals surface area contributed by atoms with Crippen LogP contribution in [-0.2, 0) is 14.8 Å². The van der Waals surface area contributed by atoms with Gasteiger partial charge >= 0.3 is 5.97 Å². The molecule has 20 heavy (non-hydrogen) atoms. The van der Waals surface area contributed by atoms with Gasteiger partial charge in [-0.25, -0.2) is 12.8 Å². The first-order valence-electron chi connectivity index (χ1n) is 5.92. The van der Waals surface area contributed by atoms with Gasteiger partial charge in [0.05, 0.1) is 11.0 Å². The molecular formula is C12H14FNO5S. The number of benzene rings is 1. The molecule has 0 spiro atoms. The molecule has 1 saturated heterocycles. The summed E-state index contributed by atoms with van der Waals surface area (Å²) in [6.45, 7) is 1.18. The second-order valence-corrected chi connectivity index (χ2v) is 6.62. The van der Waals surface area contributed by atoms with Crippen molar-refractivity contribution < 1.29 is 27.8 Å². The first-order valence-corrected chi connectivity index (χ1v) is 7.36. The molecule has 2 atom stereocenters. The van der Waals surface area contributed by atoms with Crippen LogP contribution in [0.1, 0.15) is 12.0 Å². The standard InChI is InChI=1S/C12H14FNO5S/c1-7-2-3-9(5-10(7)13)20(18,19)14-6-8(15)4-11(14)12(16)17/h2-3,5,8,11,15H,4,6H2,1H3,(H,16,17). The first-order chi connectivity index (χ1) is 9.23. The molecule has 0 amide bonds. The van der Waals surface area contributed by atoms with Crippen LogP contribution >= 0.6 is 0 Å². The zero-order valence-corrected chi connectivity index (χ0v) is 11.5. The van der Waals surface area contributed by atoms with Gasteiger partial charge in [-0.15, -0.1) is 0 Å². The predicted octanol–water partition coefficient (Wildman–Crippen LogP) is 0.343. The highest BCUT2D eigenvalue weighted by atomic mass is 32.2. The number of hydrogen-bond donors (Lipinski definition) is 2. The molecule has 0 aliphatic carbocycles. The molecule has 1 aliphatic heterocycles. The molecule has 2 N–H and O–H groups in total. The Balaban J connectivity index is 2.43. The molecule has 1 aliphatic rings. The number of aliphatic carboxylic acids is 1. The van der Waals surface area contributed by atoms with E-state index in [1.165, 1.54) is 19.1 Å². The lowest BCUT2D eigenvalue weighted by Crippen LogP contribution is -2.40. The van der Waals surface area contributed by atoms with Crippen molar-refractivity contribution in [3.8, 4) is 0 Å². The summed E-state index contributed by atoms with van der Waals surface area (Å²) in [5, 5.41) is 18.5. The molecule has 110 valence electrons. The molecule has 2 rings (SSSR count). The van der Waals surface area contributed by atoms with E-state index in [9.17, 15) is 22.7 Å². The van der Waals surface area contributed by atoms with Crippen molar-refractivity contribution in [2.24, 2.45) is 0 Å². The third kappa shape index (κ3) is 2.54. The first kappa shape index (κ1) is 14.9. The van der Waals surface area contributed by atoms with Gasteiger partial charge < -0.3 is 10.2 Å². The molecule has 1 aromatic carbocycles. The SMILES string of the molecule is Cc1ccc(S(=O)(=O)N2CC(O)CC2C(=O)O)cc1F. The summed E-state index contributed by atoms with van der Waals surface area (Å²) in [7, 11) is -4.15. The zero-order chi connectivity index (χ0) is 15.1. The van der Waals surface area contributed by atoms with Gasteiger partial charge in [0.25, 0.3) is 0 Å². The molecule has 6 nitrogen and oxygen atoms in total. The van der Waals surface area contributed by atoms with Crippen molar-refractivity contribution in [2.45, 2.75) is 30.4 Å². The lowest BCUT2D eigenvalue weighted by atomic mass is 10.2. The number of β-amino-alcohol motifs (C(OH)–C–C–N with tert-alkyl or cyclic N) is 1. The summed E-state index contributed by atoms with van der Waals surface area (Å²) in [6.07, 6.45) is -1.22. The van der Waals surface area contributed by atoms with E-state index in [0.29, 0.717) is 9.87 Å². The van der Waals surface area contributed by atoms with Crippen LogP contribution in [0.15, 0.2) is 23.1 Å². The number of aliphatic hydroxyl groups is 1. The number of hydrogen-bond acceptors (Lipinski definition) is 4. The monoisotopic (exact) mass is 303 g/mol. The summed E-state index contributed by atoms with van der Waals surface area (Å²) >= 11 is 0. The van der Waals surface area contributed by atoms with Crippen LogP contribution in [-0.4, -0.2) is 47.6 Å². The number of carbonyl (C=O) groups is 1. The average molecular weight is 303 g/mol. The fourth-order valence-corrected chi connectivity index (χ4v) is 3.79. The molecule has 0 bridgehead atoms. The van der Waals surface area contributed by atoms with E-state index >= 15 is 0 Å². The second kappa shape index (κ2) is 5.12. The smallest absolute Gasteiger partial charge is 0.322 e. The van der Waals surface area contributed by atoms with Crippen molar-refractivity contribution in [1.82, 2.24) is 4.31 Å². The van der Waals surface area contributed by atoms with Gasteiger partial charge in [-0.2, -0.15) is 4.31 Å². The Morgan fingerprint density at radius 3 is 2.65 bits per heavy atom. The maximum atomic E-state index is 13.5. The minimum atomic E-state index is -4.15. The van der Waals surface area contributed by atoms with E-state index in [4.69, 9.17) is 5.11 Å². The fraction of sp³-hybridized carbons (Fsp3) is 0.417. The zero-order valence-electron chi connectivity index (χ0n) is 10.7. The van der Waals surface area contributed by atoms with Gasteiger partial charge in [-0.05, 0) is 24.6 Å². The maximum absolute atomic E-state index is 13.5. The van der Waals surface area contributed by atoms with Crippen LogP contribution in [0.2, 0.25) is 0 Å². The highest BCUT2D eigenvalue weighted by molar-refractivity contribution is 7.89. The number of carboxylic acids is 1. The van der Waals surface area contributed by atoms with Crippen molar-refractivity contribution in [1.29, 1.82) is 0 Å². The molecule has 1 heterocycles. The van der Waals surface area contributed by atoms with Crippen molar-refractivity contribution >= 4 is 16.0 Å². The Labute approximate surface area is 115 Å². The van der Waals surface area contributed by atoms with Crippen LogP contribution in [0.5, 0.6) is 0 Å². The van der Waals surface area contributed by atoms with Crippen molar-refractivity contribution in [3.63, 3.8) is 0 Å². The van der Waals surface area contributed by atoms with Crippen molar-refractivity contribution in [2.75, 3.05) is 6.54 Å². The average Bonchev–Trinajstić information content (AvgIpc) is 2.75. The molecule has 0 saturated carbocycles. The van der Waals surface area contributed by atoms with Crippen LogP contribution < -0.4 is 0 Å². The minimum Gasteiger partial charge on any atom is -0.480 e. The number of nitrogens with zero attached hydrogens (tertiary/aromatic N) is 1. The van der Waals surface area contributed by atoms with Crippen LogP contribution in [0.4, 0.5) is 4.39 Å². The lowest BCUT2D eigenvalue weighted by Gasteiger charge is -2.20. The Hall–Kier alpha value is -1.51. The van der Waals surface area contributed by atoms with Gasteiger partial charge in [-0.1, -0.05) is 6.07 Å². The predicted molar refractivity (Wildman–Crippen MR) is 67.1 cm³/mol. The molecule has 8 heteroatoms. The van der Waals surface area contributed by atoms with Crippen LogP contribution in [0, 0.1) is 12.7 Å². The van der Waals surface area contributed by atoms with E-state index in [2.05, 4.69) is 0 Å². The summed E-state index contributed by atoms with van der Waals surface area (Å²) < 4.78 is 38.9. The van der Waals surface area contributed by atoms with E-state index in [-0.39, 0.29) is 17.9 Å². The normalized spacial score (nSPS) is 23.9. The topological polar surface area (TPSA) is 94.9 Å². The minimum absolute atomic E-state index is 0.178. The van der Waals surface area contributed by atoms with E-state index in [1.807, 2.05) is 0 Å². The van der Waals surface area contributed by atoms with E-state index in [0.717, 1.165) is 6.07 Å². The maximum Gasteiger partial charge on any atom is 0.322 e. The number of aryl methyl sites for hydroxylation is 1. The fourth-order valence-electron chi connectivity index (χ4n) is 2.14. The van der Waals surface area contributed by atoms with Crippen LogP contribution in [0.25, 0.3) is 0 Å². The summed E-state index contributed by atoms with van der Waals surface area (Å²) in [5.74, 6) is -2.02. The highest BCUT2D eigenvalue weighted by Crippen LogP contribution is 2.27. The molecule has 0 radical (unpaired) electrons. The number of sulfonamides is 1. The Morgan fingerprint density at radius 1 is 1.45 bits per heavy atom. The number of rotatable bonds is 3.